The van der Waals surface area contributed by atoms with Gasteiger partial charge in [-0.1, -0.05) is 78.9 Å². The molecule has 33 heavy (non-hydrogen) atoms. The van der Waals surface area contributed by atoms with Gasteiger partial charge in [0.1, 0.15) is 0 Å². The van der Waals surface area contributed by atoms with Crippen LogP contribution in [0.2, 0.25) is 0 Å². The predicted molar refractivity (Wildman–Crippen MR) is 136 cm³/mol. The van der Waals surface area contributed by atoms with Crippen molar-refractivity contribution in [1.82, 2.24) is 14.5 Å². The average Bonchev–Trinajstić information content (AvgIpc) is 3.44. The van der Waals surface area contributed by atoms with Gasteiger partial charge in [-0.05, 0) is 35.9 Å². The summed E-state index contributed by atoms with van der Waals surface area (Å²) in [6, 6.07) is 37.2. The van der Waals surface area contributed by atoms with Gasteiger partial charge >= 0.3 is 0 Å². The van der Waals surface area contributed by atoms with Crippen LogP contribution in [0.3, 0.4) is 0 Å². The van der Waals surface area contributed by atoms with Crippen molar-refractivity contribution in [2.75, 3.05) is 5.43 Å². The van der Waals surface area contributed by atoms with Crippen molar-refractivity contribution in [3.63, 3.8) is 0 Å². The van der Waals surface area contributed by atoms with Gasteiger partial charge in [0.25, 0.3) is 0 Å². The van der Waals surface area contributed by atoms with Gasteiger partial charge in [0, 0.05) is 16.6 Å². The Bertz CT molecular complexity index is 1540. The van der Waals surface area contributed by atoms with E-state index in [0.29, 0.717) is 5.95 Å². The van der Waals surface area contributed by atoms with Crippen LogP contribution in [0.15, 0.2) is 114 Å². The third kappa shape index (κ3) is 3.46. The number of hydrogen-bond donors (Lipinski definition) is 2. The molecule has 0 fully saturated rings. The number of hydrogen-bond acceptors (Lipinski definition) is 3. The molecule has 0 aliphatic rings. The third-order valence-corrected chi connectivity index (χ3v) is 5.73. The third-order valence-electron chi connectivity index (χ3n) is 5.73. The molecule has 0 amide bonds. The minimum atomic E-state index is 0.612. The number of fused-ring (bicyclic) bond motifs is 2. The van der Waals surface area contributed by atoms with Crippen LogP contribution in [0.25, 0.3) is 38.9 Å². The highest BCUT2D eigenvalue weighted by Crippen LogP contribution is 2.35. The van der Waals surface area contributed by atoms with Gasteiger partial charge in [-0.15, -0.1) is 0 Å². The Balaban J connectivity index is 1.51. The summed E-state index contributed by atoms with van der Waals surface area (Å²) in [5.74, 6) is 0.612. The Kier molecular flexibility index (Phi) is 4.70. The molecule has 2 N–H and O–H groups in total. The molecule has 6 rings (SSSR count). The molecule has 0 spiro atoms. The van der Waals surface area contributed by atoms with Gasteiger partial charge in [0.15, 0.2) is 0 Å². The second kappa shape index (κ2) is 8.13. The number of H-pyrrole nitrogens is 1. The molecule has 0 bridgehead atoms. The van der Waals surface area contributed by atoms with E-state index in [4.69, 9.17) is 0 Å². The Morgan fingerprint density at radius 1 is 0.758 bits per heavy atom. The van der Waals surface area contributed by atoms with E-state index >= 15 is 0 Å². The van der Waals surface area contributed by atoms with Crippen molar-refractivity contribution >= 4 is 34.1 Å². The standard InChI is InChI=1S/C28H21N5/c1-3-11-20(12-4-1)27-23(19-29-32-28-30-24-16-8-9-17-25(24)31-28)22-15-7-10-18-26(22)33(27)21-13-5-2-6-14-21/h1-19H,(H2,30,31,32)/b29-19-. The number of para-hydroxylation sites is 4. The molecule has 0 saturated heterocycles. The van der Waals surface area contributed by atoms with Crippen molar-refractivity contribution in [3.05, 3.63) is 115 Å². The maximum atomic E-state index is 4.57. The van der Waals surface area contributed by atoms with Crippen molar-refractivity contribution in [1.29, 1.82) is 0 Å². The largest absolute Gasteiger partial charge is 0.323 e. The first-order valence-corrected chi connectivity index (χ1v) is 10.9. The number of imidazole rings is 1. The number of aromatic amines is 1. The number of nitrogens with one attached hydrogen (secondary N) is 2. The van der Waals surface area contributed by atoms with Crippen LogP contribution in [0.1, 0.15) is 5.56 Å². The van der Waals surface area contributed by atoms with E-state index in [0.717, 1.165) is 44.4 Å². The highest BCUT2D eigenvalue weighted by atomic mass is 15.3. The molecule has 0 atom stereocenters. The Hall–Kier alpha value is -4.64. The topological polar surface area (TPSA) is 58.0 Å². The fourth-order valence-electron chi connectivity index (χ4n) is 4.29. The van der Waals surface area contributed by atoms with E-state index in [1.54, 1.807) is 0 Å². The fourth-order valence-corrected chi connectivity index (χ4v) is 4.29. The number of anilines is 1. The van der Waals surface area contributed by atoms with Gasteiger partial charge in [-0.2, -0.15) is 5.10 Å². The molecule has 2 aromatic heterocycles. The summed E-state index contributed by atoms with van der Waals surface area (Å²) in [5.41, 5.74) is 10.5. The van der Waals surface area contributed by atoms with Gasteiger partial charge in [-0.3, -0.25) is 0 Å². The molecule has 4 aromatic carbocycles. The van der Waals surface area contributed by atoms with Crippen LogP contribution in [-0.2, 0) is 0 Å². The van der Waals surface area contributed by atoms with Crippen molar-refractivity contribution in [3.8, 4) is 16.9 Å². The first-order chi connectivity index (χ1) is 16.4. The van der Waals surface area contributed by atoms with Crippen LogP contribution < -0.4 is 5.43 Å². The molecule has 5 nitrogen and oxygen atoms in total. The number of aromatic nitrogens is 3. The lowest BCUT2D eigenvalue weighted by Gasteiger charge is -2.12. The number of hydrazone groups is 1. The fraction of sp³-hybridized carbons (Fsp3) is 0. The second-order valence-electron chi connectivity index (χ2n) is 7.79. The van der Waals surface area contributed by atoms with Gasteiger partial charge in [0.2, 0.25) is 5.95 Å². The quantitative estimate of drug-likeness (QED) is 0.240. The van der Waals surface area contributed by atoms with E-state index in [9.17, 15) is 0 Å². The van der Waals surface area contributed by atoms with Crippen molar-refractivity contribution in [2.24, 2.45) is 5.10 Å². The number of rotatable bonds is 5. The van der Waals surface area contributed by atoms with E-state index in [1.807, 2.05) is 42.6 Å². The summed E-state index contributed by atoms with van der Waals surface area (Å²) >= 11 is 0. The van der Waals surface area contributed by atoms with Crippen LogP contribution in [0.4, 0.5) is 5.95 Å². The first kappa shape index (κ1) is 19.1. The molecule has 5 heteroatoms. The lowest BCUT2D eigenvalue weighted by atomic mass is 10.1. The first-order valence-electron chi connectivity index (χ1n) is 10.9. The maximum absolute atomic E-state index is 4.57. The summed E-state index contributed by atoms with van der Waals surface area (Å²) in [6.07, 6.45) is 1.89. The molecule has 0 radical (unpaired) electrons. The van der Waals surface area contributed by atoms with Gasteiger partial charge in [0.05, 0.1) is 28.5 Å². The molecule has 0 aliphatic carbocycles. The summed E-state index contributed by atoms with van der Waals surface area (Å²) in [5, 5.41) is 5.70. The minimum absolute atomic E-state index is 0.612. The maximum Gasteiger partial charge on any atom is 0.222 e. The van der Waals surface area contributed by atoms with E-state index < -0.39 is 0 Å². The summed E-state index contributed by atoms with van der Waals surface area (Å²) in [4.78, 5) is 7.81. The summed E-state index contributed by atoms with van der Waals surface area (Å²) in [7, 11) is 0. The van der Waals surface area contributed by atoms with Crippen molar-refractivity contribution in [2.45, 2.75) is 0 Å². The lowest BCUT2D eigenvalue weighted by Crippen LogP contribution is -1.99. The smallest absolute Gasteiger partial charge is 0.222 e. The van der Waals surface area contributed by atoms with Gasteiger partial charge < -0.3 is 9.55 Å². The molecule has 158 valence electrons. The van der Waals surface area contributed by atoms with Crippen LogP contribution in [0.5, 0.6) is 0 Å². The highest BCUT2D eigenvalue weighted by Gasteiger charge is 2.18. The molecule has 0 unspecified atom stereocenters. The molecule has 0 aliphatic heterocycles. The average molecular weight is 428 g/mol. The van der Waals surface area contributed by atoms with E-state index in [2.05, 4.69) is 97.9 Å². The van der Waals surface area contributed by atoms with Crippen LogP contribution in [-0.4, -0.2) is 20.7 Å². The zero-order valence-corrected chi connectivity index (χ0v) is 17.8. The monoisotopic (exact) mass is 427 g/mol. The second-order valence-corrected chi connectivity index (χ2v) is 7.79. The summed E-state index contributed by atoms with van der Waals surface area (Å²) in [6.45, 7) is 0. The SMILES string of the molecule is C(=N/Nc1nc2ccccc2[nH]1)/c1c(-c2ccccc2)n(-c2ccccc2)c2ccccc12. The molecule has 6 aromatic rings. The van der Waals surface area contributed by atoms with Gasteiger partial charge in [-0.25, -0.2) is 10.4 Å². The Morgan fingerprint density at radius 2 is 1.45 bits per heavy atom. The molecule has 2 heterocycles. The van der Waals surface area contributed by atoms with E-state index in [-0.39, 0.29) is 0 Å². The number of benzene rings is 4. The minimum Gasteiger partial charge on any atom is -0.323 e. The Labute approximate surface area is 191 Å². The van der Waals surface area contributed by atoms with Crippen molar-refractivity contribution < 1.29 is 0 Å². The zero-order valence-electron chi connectivity index (χ0n) is 17.8. The predicted octanol–water partition coefficient (Wildman–Crippen LogP) is 6.62. The molecule has 0 saturated carbocycles. The highest BCUT2D eigenvalue weighted by molar-refractivity contribution is 6.07. The Morgan fingerprint density at radius 3 is 2.27 bits per heavy atom. The van der Waals surface area contributed by atoms with E-state index in [1.165, 1.54) is 0 Å². The molecular weight excluding hydrogens is 406 g/mol. The molecular formula is C28H21N5. The summed E-state index contributed by atoms with van der Waals surface area (Å²) < 4.78 is 2.30. The van der Waals surface area contributed by atoms with Crippen LogP contribution >= 0.6 is 0 Å². The zero-order chi connectivity index (χ0) is 22.0. The number of nitrogens with zero attached hydrogens (tertiary/aromatic N) is 3. The van der Waals surface area contributed by atoms with Crippen LogP contribution in [0, 0.1) is 0 Å². The lowest BCUT2D eigenvalue weighted by molar-refractivity contribution is 1.13. The normalized spacial score (nSPS) is 11.5.